The predicted molar refractivity (Wildman–Crippen MR) is 74.1 cm³/mol. The first kappa shape index (κ1) is 15.3. The fourth-order valence-electron chi connectivity index (χ4n) is 2.25. The molecule has 1 atom stereocenters. The maximum absolute atomic E-state index is 11.2. The topological polar surface area (TPSA) is 55.8 Å². The summed E-state index contributed by atoms with van der Waals surface area (Å²) in [7, 11) is 3.23. The van der Waals surface area contributed by atoms with Crippen LogP contribution in [-0.2, 0) is 11.2 Å². The number of ether oxygens (including phenoxy) is 2. The fourth-order valence-corrected chi connectivity index (χ4v) is 2.25. The summed E-state index contributed by atoms with van der Waals surface area (Å²) < 4.78 is 10.8. The van der Waals surface area contributed by atoms with E-state index in [9.17, 15) is 9.90 Å². The van der Waals surface area contributed by atoms with Gasteiger partial charge in [-0.15, -0.1) is 0 Å². The summed E-state index contributed by atoms with van der Waals surface area (Å²) in [5.74, 6) is 0.356. The van der Waals surface area contributed by atoms with Gasteiger partial charge in [0.1, 0.15) is 11.5 Å². The molecule has 0 bridgehead atoms. The van der Waals surface area contributed by atoms with Gasteiger partial charge in [0.05, 0.1) is 20.1 Å². The molecule has 106 valence electrons. The zero-order valence-corrected chi connectivity index (χ0v) is 12.2. The van der Waals surface area contributed by atoms with Gasteiger partial charge < -0.3 is 14.6 Å². The molecule has 0 aromatic heterocycles. The van der Waals surface area contributed by atoms with Crippen molar-refractivity contribution in [1.29, 1.82) is 0 Å². The normalized spacial score (nSPS) is 12.1. The minimum absolute atomic E-state index is 0.402. The standard InChI is InChI=1S/C15H22O4/c1-6-11(15(16)17)7-12-8-13(18-4)9(2)10(3)14(12)19-5/h8,11H,6-7H2,1-5H3,(H,16,17). The van der Waals surface area contributed by atoms with Gasteiger partial charge in [-0.05, 0) is 49.4 Å². The summed E-state index contributed by atoms with van der Waals surface area (Å²) in [4.78, 5) is 11.2. The van der Waals surface area contributed by atoms with Gasteiger partial charge in [0, 0.05) is 0 Å². The molecule has 1 N–H and O–H groups in total. The number of aliphatic carboxylic acids is 1. The van der Waals surface area contributed by atoms with E-state index >= 15 is 0 Å². The third-order valence-corrected chi connectivity index (χ3v) is 3.60. The molecule has 1 aromatic carbocycles. The van der Waals surface area contributed by atoms with E-state index in [0.29, 0.717) is 12.8 Å². The zero-order chi connectivity index (χ0) is 14.6. The van der Waals surface area contributed by atoms with Crippen molar-refractivity contribution in [3.8, 4) is 11.5 Å². The van der Waals surface area contributed by atoms with E-state index in [1.54, 1.807) is 14.2 Å². The minimum Gasteiger partial charge on any atom is -0.496 e. The highest BCUT2D eigenvalue weighted by molar-refractivity contribution is 5.70. The number of carboxylic acids is 1. The Labute approximate surface area is 114 Å². The Kier molecular flexibility index (Phi) is 5.21. The predicted octanol–water partition coefficient (Wildman–Crippen LogP) is 2.97. The van der Waals surface area contributed by atoms with E-state index in [2.05, 4.69) is 0 Å². The summed E-state index contributed by atoms with van der Waals surface area (Å²) in [6.07, 6.45) is 1.04. The molecule has 1 unspecified atom stereocenters. The van der Waals surface area contributed by atoms with Crippen LogP contribution in [0, 0.1) is 19.8 Å². The van der Waals surface area contributed by atoms with Crippen LogP contribution < -0.4 is 9.47 Å². The molecule has 4 heteroatoms. The second kappa shape index (κ2) is 6.45. The van der Waals surface area contributed by atoms with Gasteiger partial charge in [-0.25, -0.2) is 0 Å². The van der Waals surface area contributed by atoms with E-state index in [1.165, 1.54) is 0 Å². The molecular formula is C15H22O4. The smallest absolute Gasteiger partial charge is 0.306 e. The second-order valence-electron chi connectivity index (χ2n) is 4.67. The van der Waals surface area contributed by atoms with Crippen molar-refractivity contribution < 1.29 is 19.4 Å². The van der Waals surface area contributed by atoms with Gasteiger partial charge in [0.25, 0.3) is 0 Å². The zero-order valence-electron chi connectivity index (χ0n) is 12.2. The Morgan fingerprint density at radius 1 is 1.26 bits per heavy atom. The molecule has 0 saturated carbocycles. The molecule has 0 radical (unpaired) electrons. The van der Waals surface area contributed by atoms with Crippen LogP contribution in [-0.4, -0.2) is 25.3 Å². The Morgan fingerprint density at radius 2 is 1.89 bits per heavy atom. The van der Waals surface area contributed by atoms with Crippen molar-refractivity contribution in [3.63, 3.8) is 0 Å². The van der Waals surface area contributed by atoms with E-state index in [1.807, 2.05) is 26.8 Å². The molecular weight excluding hydrogens is 244 g/mol. The highest BCUT2D eigenvalue weighted by Crippen LogP contribution is 2.34. The monoisotopic (exact) mass is 266 g/mol. The number of methoxy groups -OCH3 is 2. The van der Waals surface area contributed by atoms with Crippen LogP contribution in [0.3, 0.4) is 0 Å². The molecule has 0 aliphatic rings. The summed E-state index contributed by atoms with van der Waals surface area (Å²) in [6, 6.07) is 1.88. The number of carbonyl (C=O) groups is 1. The van der Waals surface area contributed by atoms with Crippen molar-refractivity contribution in [2.75, 3.05) is 14.2 Å². The molecule has 0 saturated heterocycles. The number of hydrogen-bond acceptors (Lipinski definition) is 3. The van der Waals surface area contributed by atoms with E-state index < -0.39 is 11.9 Å². The van der Waals surface area contributed by atoms with E-state index in [-0.39, 0.29) is 0 Å². The van der Waals surface area contributed by atoms with Crippen LogP contribution in [0.4, 0.5) is 0 Å². The molecule has 0 aliphatic carbocycles. The average Bonchev–Trinajstić information content (AvgIpc) is 2.39. The maximum Gasteiger partial charge on any atom is 0.306 e. The van der Waals surface area contributed by atoms with Gasteiger partial charge >= 0.3 is 5.97 Å². The molecule has 19 heavy (non-hydrogen) atoms. The number of rotatable bonds is 6. The van der Waals surface area contributed by atoms with Crippen LogP contribution in [0.25, 0.3) is 0 Å². The number of hydrogen-bond donors (Lipinski definition) is 1. The third-order valence-electron chi connectivity index (χ3n) is 3.60. The van der Waals surface area contributed by atoms with Crippen LogP contribution in [0.1, 0.15) is 30.0 Å². The minimum atomic E-state index is -0.776. The van der Waals surface area contributed by atoms with E-state index in [0.717, 1.165) is 28.2 Å². The molecule has 0 spiro atoms. The van der Waals surface area contributed by atoms with Crippen molar-refractivity contribution >= 4 is 5.97 Å². The first-order valence-corrected chi connectivity index (χ1v) is 6.40. The molecule has 1 rings (SSSR count). The molecule has 0 aliphatic heterocycles. The van der Waals surface area contributed by atoms with Gasteiger partial charge in [-0.2, -0.15) is 0 Å². The lowest BCUT2D eigenvalue weighted by Gasteiger charge is -2.18. The lowest BCUT2D eigenvalue weighted by Crippen LogP contribution is -2.16. The highest BCUT2D eigenvalue weighted by atomic mass is 16.5. The first-order valence-electron chi connectivity index (χ1n) is 6.40. The van der Waals surface area contributed by atoms with Crippen LogP contribution in [0.15, 0.2) is 6.07 Å². The van der Waals surface area contributed by atoms with Crippen LogP contribution >= 0.6 is 0 Å². The van der Waals surface area contributed by atoms with Crippen molar-refractivity contribution in [2.45, 2.75) is 33.6 Å². The molecule has 1 aromatic rings. The number of carboxylic acid groups (broad SMARTS) is 1. The van der Waals surface area contributed by atoms with Gasteiger partial charge in [-0.3, -0.25) is 4.79 Å². The van der Waals surface area contributed by atoms with Gasteiger partial charge in [-0.1, -0.05) is 6.92 Å². The Bertz CT molecular complexity index is 466. The Hall–Kier alpha value is -1.71. The second-order valence-corrected chi connectivity index (χ2v) is 4.67. The lowest BCUT2D eigenvalue weighted by atomic mass is 9.93. The van der Waals surface area contributed by atoms with Crippen LogP contribution in [0.2, 0.25) is 0 Å². The highest BCUT2D eigenvalue weighted by Gasteiger charge is 2.21. The molecule has 0 heterocycles. The maximum atomic E-state index is 11.2. The van der Waals surface area contributed by atoms with Gasteiger partial charge in [0.15, 0.2) is 0 Å². The summed E-state index contributed by atoms with van der Waals surface area (Å²) in [6.45, 7) is 5.81. The van der Waals surface area contributed by atoms with Crippen molar-refractivity contribution in [2.24, 2.45) is 5.92 Å². The fraction of sp³-hybridized carbons (Fsp3) is 0.533. The largest absolute Gasteiger partial charge is 0.496 e. The molecule has 0 amide bonds. The lowest BCUT2D eigenvalue weighted by molar-refractivity contribution is -0.141. The first-order chi connectivity index (χ1) is 8.96. The van der Waals surface area contributed by atoms with Crippen molar-refractivity contribution in [3.05, 3.63) is 22.8 Å². The quantitative estimate of drug-likeness (QED) is 0.860. The summed E-state index contributed by atoms with van der Waals surface area (Å²) >= 11 is 0. The molecule has 4 nitrogen and oxygen atoms in total. The van der Waals surface area contributed by atoms with Crippen LogP contribution in [0.5, 0.6) is 11.5 Å². The average molecular weight is 266 g/mol. The number of benzene rings is 1. The Morgan fingerprint density at radius 3 is 2.32 bits per heavy atom. The molecule has 0 fully saturated rings. The van der Waals surface area contributed by atoms with Crippen molar-refractivity contribution in [1.82, 2.24) is 0 Å². The summed E-state index contributed by atoms with van der Waals surface area (Å²) in [5.41, 5.74) is 2.90. The van der Waals surface area contributed by atoms with E-state index in [4.69, 9.17) is 9.47 Å². The SMILES string of the molecule is CCC(Cc1cc(OC)c(C)c(C)c1OC)C(=O)O. The summed E-state index contributed by atoms with van der Waals surface area (Å²) in [5, 5.41) is 9.18. The third kappa shape index (κ3) is 3.19. The van der Waals surface area contributed by atoms with Gasteiger partial charge in [0.2, 0.25) is 0 Å². The Balaban J connectivity index is 3.25.